The van der Waals surface area contributed by atoms with Gasteiger partial charge < -0.3 is 9.84 Å². The number of aliphatic hydroxyl groups is 1. The van der Waals surface area contributed by atoms with Crippen molar-refractivity contribution in [1.29, 1.82) is 0 Å². The van der Waals surface area contributed by atoms with Gasteiger partial charge in [0.15, 0.2) is 0 Å². The first kappa shape index (κ1) is 11.0. The highest BCUT2D eigenvalue weighted by atomic mass is 16.5. The van der Waals surface area contributed by atoms with E-state index in [9.17, 15) is 5.11 Å². The van der Waals surface area contributed by atoms with Gasteiger partial charge >= 0.3 is 0 Å². The minimum atomic E-state index is -0.508. The minimum Gasteiger partial charge on any atom is -0.390 e. The second-order valence-electron chi connectivity index (χ2n) is 7.05. The SMILES string of the molecule is CC1O[C@]23C[C@@H]1CC[C@]2(C)CC[C@](C)(O)C3. The van der Waals surface area contributed by atoms with Crippen molar-refractivity contribution < 1.29 is 9.84 Å². The third-order valence-corrected chi connectivity index (χ3v) is 5.72. The van der Waals surface area contributed by atoms with Gasteiger partial charge in [0.25, 0.3) is 0 Å². The van der Waals surface area contributed by atoms with Gasteiger partial charge in [-0.15, -0.1) is 0 Å². The maximum atomic E-state index is 10.3. The molecule has 1 aliphatic heterocycles. The molecule has 3 fully saturated rings. The molecule has 2 nitrogen and oxygen atoms in total. The summed E-state index contributed by atoms with van der Waals surface area (Å²) in [7, 11) is 0. The van der Waals surface area contributed by atoms with Gasteiger partial charge in [-0.25, -0.2) is 0 Å². The molecule has 3 aliphatic rings. The Morgan fingerprint density at radius 3 is 2.69 bits per heavy atom. The van der Waals surface area contributed by atoms with Gasteiger partial charge in [-0.2, -0.15) is 0 Å². The molecule has 1 N–H and O–H groups in total. The lowest BCUT2D eigenvalue weighted by Crippen LogP contribution is -2.56. The molecule has 0 amide bonds. The molecule has 3 rings (SSSR count). The lowest BCUT2D eigenvalue weighted by atomic mass is 9.54. The number of rotatable bonds is 0. The first-order chi connectivity index (χ1) is 7.36. The Kier molecular flexibility index (Phi) is 2.09. The third-order valence-electron chi connectivity index (χ3n) is 5.72. The molecular formula is C14H24O2. The Labute approximate surface area is 98.4 Å². The van der Waals surface area contributed by atoms with Crippen LogP contribution in [0.2, 0.25) is 0 Å². The normalized spacial score (nSPS) is 60.8. The smallest absolute Gasteiger partial charge is 0.0770 e. The van der Waals surface area contributed by atoms with Gasteiger partial charge in [-0.05, 0) is 57.3 Å². The van der Waals surface area contributed by atoms with Crippen molar-refractivity contribution in [3.8, 4) is 0 Å². The van der Waals surface area contributed by atoms with Crippen LogP contribution in [0.25, 0.3) is 0 Å². The first-order valence-corrected chi connectivity index (χ1v) is 6.76. The largest absolute Gasteiger partial charge is 0.390 e. The van der Waals surface area contributed by atoms with Crippen LogP contribution in [0, 0.1) is 11.3 Å². The molecule has 2 heteroatoms. The van der Waals surface area contributed by atoms with E-state index in [0.717, 1.165) is 25.2 Å². The highest BCUT2D eigenvalue weighted by Crippen LogP contribution is 2.62. The molecule has 92 valence electrons. The van der Waals surface area contributed by atoms with Crippen molar-refractivity contribution in [2.24, 2.45) is 11.3 Å². The molecule has 0 aromatic rings. The Morgan fingerprint density at radius 2 is 1.94 bits per heavy atom. The van der Waals surface area contributed by atoms with E-state index >= 15 is 0 Å². The summed E-state index contributed by atoms with van der Waals surface area (Å²) in [5, 5.41) is 10.3. The molecule has 2 aliphatic carbocycles. The molecule has 1 heterocycles. The van der Waals surface area contributed by atoms with Gasteiger partial charge in [0, 0.05) is 6.42 Å². The number of fused-ring (bicyclic) bond motifs is 1. The highest BCUT2D eigenvalue weighted by molar-refractivity contribution is 5.12. The van der Waals surface area contributed by atoms with Crippen molar-refractivity contribution in [2.45, 2.75) is 76.6 Å². The van der Waals surface area contributed by atoms with Crippen molar-refractivity contribution in [3.05, 3.63) is 0 Å². The maximum absolute atomic E-state index is 10.3. The van der Waals surface area contributed by atoms with Crippen LogP contribution in [0.4, 0.5) is 0 Å². The minimum absolute atomic E-state index is 0.0168. The Morgan fingerprint density at radius 1 is 1.19 bits per heavy atom. The molecule has 1 unspecified atom stereocenters. The van der Waals surface area contributed by atoms with Gasteiger partial charge in [0.05, 0.1) is 17.3 Å². The van der Waals surface area contributed by atoms with E-state index in [0.29, 0.717) is 11.5 Å². The van der Waals surface area contributed by atoms with Crippen LogP contribution in [0.15, 0.2) is 0 Å². The summed E-state index contributed by atoms with van der Waals surface area (Å²) in [4.78, 5) is 0. The van der Waals surface area contributed by atoms with Crippen LogP contribution in [0.3, 0.4) is 0 Å². The zero-order chi connectivity index (χ0) is 11.6. The van der Waals surface area contributed by atoms with Crippen molar-refractivity contribution in [3.63, 3.8) is 0 Å². The predicted octanol–water partition coefficient (Wildman–Crippen LogP) is 2.89. The summed E-state index contributed by atoms with van der Waals surface area (Å²) >= 11 is 0. The van der Waals surface area contributed by atoms with E-state index in [1.54, 1.807) is 0 Å². The Balaban J connectivity index is 1.97. The fraction of sp³-hybridized carbons (Fsp3) is 1.00. The van der Waals surface area contributed by atoms with E-state index in [4.69, 9.17) is 4.74 Å². The summed E-state index contributed by atoms with van der Waals surface area (Å²) in [5.74, 6) is 0.738. The van der Waals surface area contributed by atoms with Crippen LogP contribution in [0.1, 0.15) is 59.3 Å². The quantitative estimate of drug-likeness (QED) is 0.685. The summed E-state index contributed by atoms with van der Waals surface area (Å²) in [5.41, 5.74) is -0.209. The number of hydrogen-bond donors (Lipinski definition) is 1. The molecule has 1 saturated heterocycles. The number of ether oxygens (including phenoxy) is 1. The lowest BCUT2D eigenvalue weighted by molar-refractivity contribution is -0.187. The maximum Gasteiger partial charge on any atom is 0.0770 e. The molecule has 2 bridgehead atoms. The molecule has 0 aromatic heterocycles. The molecule has 2 saturated carbocycles. The van der Waals surface area contributed by atoms with Crippen LogP contribution in [0.5, 0.6) is 0 Å². The molecule has 1 spiro atoms. The average Bonchev–Trinajstić information content (AvgIpc) is 2.43. The second-order valence-corrected chi connectivity index (χ2v) is 7.05. The Hall–Kier alpha value is -0.0800. The zero-order valence-electron chi connectivity index (χ0n) is 10.8. The molecule has 0 radical (unpaired) electrons. The lowest BCUT2D eigenvalue weighted by Gasteiger charge is -2.55. The van der Waals surface area contributed by atoms with Gasteiger partial charge in [-0.1, -0.05) is 6.92 Å². The summed E-state index contributed by atoms with van der Waals surface area (Å²) in [6.45, 7) is 6.59. The molecule has 5 atom stereocenters. The fourth-order valence-corrected chi connectivity index (χ4v) is 4.48. The van der Waals surface area contributed by atoms with Crippen LogP contribution in [-0.2, 0) is 4.74 Å². The third kappa shape index (κ3) is 1.32. The van der Waals surface area contributed by atoms with E-state index in [2.05, 4.69) is 13.8 Å². The molecule has 16 heavy (non-hydrogen) atoms. The highest BCUT2D eigenvalue weighted by Gasteiger charge is 2.62. The number of hydrogen-bond acceptors (Lipinski definition) is 2. The van der Waals surface area contributed by atoms with E-state index in [1.807, 2.05) is 6.92 Å². The van der Waals surface area contributed by atoms with Gasteiger partial charge in [0.1, 0.15) is 0 Å². The van der Waals surface area contributed by atoms with Crippen molar-refractivity contribution in [1.82, 2.24) is 0 Å². The van der Waals surface area contributed by atoms with Crippen LogP contribution < -0.4 is 0 Å². The van der Waals surface area contributed by atoms with Crippen molar-refractivity contribution in [2.75, 3.05) is 0 Å². The van der Waals surface area contributed by atoms with E-state index < -0.39 is 5.60 Å². The Bertz CT molecular complexity index is 308. The fourth-order valence-electron chi connectivity index (χ4n) is 4.48. The van der Waals surface area contributed by atoms with Gasteiger partial charge in [-0.3, -0.25) is 0 Å². The second kappa shape index (κ2) is 3.02. The van der Waals surface area contributed by atoms with Crippen LogP contribution >= 0.6 is 0 Å². The topological polar surface area (TPSA) is 29.5 Å². The summed E-state index contributed by atoms with van der Waals surface area (Å²) in [6.07, 6.45) is 7.10. The van der Waals surface area contributed by atoms with Gasteiger partial charge in [0.2, 0.25) is 0 Å². The van der Waals surface area contributed by atoms with E-state index in [1.165, 1.54) is 19.3 Å². The van der Waals surface area contributed by atoms with Crippen molar-refractivity contribution >= 4 is 0 Å². The molecule has 0 aromatic carbocycles. The van der Waals surface area contributed by atoms with E-state index in [-0.39, 0.29) is 5.60 Å². The average molecular weight is 224 g/mol. The predicted molar refractivity (Wildman–Crippen MR) is 63.2 cm³/mol. The molecular weight excluding hydrogens is 200 g/mol. The zero-order valence-corrected chi connectivity index (χ0v) is 10.8. The standard InChI is InChI=1S/C14H24O2/c1-10-11-4-5-12(2)6-7-13(3,15)9-14(12,8-11)16-10/h10-11,15H,4-9H2,1-3H3/t10?,11-,12+,13-,14-/m0/s1. The summed E-state index contributed by atoms with van der Waals surface area (Å²) < 4.78 is 6.36. The first-order valence-electron chi connectivity index (χ1n) is 6.76. The van der Waals surface area contributed by atoms with Crippen LogP contribution in [-0.4, -0.2) is 22.4 Å². The summed E-state index contributed by atoms with van der Waals surface area (Å²) in [6, 6.07) is 0. The monoisotopic (exact) mass is 224 g/mol.